The van der Waals surface area contributed by atoms with Crippen molar-refractivity contribution < 1.29 is 0 Å². The minimum Gasteiger partial charge on any atom is -0.381 e. The zero-order chi connectivity index (χ0) is 14.4. The fraction of sp³-hybridized carbons (Fsp3) is 0.111. The van der Waals surface area contributed by atoms with Crippen LogP contribution >= 0.6 is 55.1 Å². The van der Waals surface area contributed by atoms with Crippen molar-refractivity contribution in [2.45, 2.75) is 0 Å². The Morgan fingerprint density at radius 1 is 1.05 bits per heavy atom. The van der Waals surface area contributed by atoms with E-state index in [9.17, 15) is 0 Å². The minimum atomic E-state index is 0. The van der Waals surface area contributed by atoms with E-state index in [4.69, 9.17) is 28.9 Å². The summed E-state index contributed by atoms with van der Waals surface area (Å²) in [5, 5.41) is 3.51. The van der Waals surface area contributed by atoms with Gasteiger partial charge in [0.15, 0.2) is 11.6 Å². The largest absolute Gasteiger partial charge is 0.381 e. The number of nitrogens with two attached hydrogens (primary N) is 1. The monoisotopic (exact) mass is 439 g/mol. The zero-order valence-corrected chi connectivity index (χ0v) is 14.8. The Bertz CT molecular complexity index is 574. The molecule has 0 saturated carbocycles. The van der Waals surface area contributed by atoms with Crippen molar-refractivity contribution in [3.8, 4) is 0 Å². The van der Waals surface area contributed by atoms with Gasteiger partial charge in [0.2, 0.25) is 0 Å². The molecule has 0 saturated heterocycles. The molecule has 0 aromatic carbocycles. The third kappa shape index (κ3) is 6.21. The average molecular weight is 442 g/mol. The van der Waals surface area contributed by atoms with Gasteiger partial charge in [-0.05, 0) is 31.9 Å². The second-order valence-electron chi connectivity index (χ2n) is 2.95. The lowest BCUT2D eigenvalue weighted by Crippen LogP contribution is -1.94. The molecule has 2 aromatic heterocycles. The molecule has 0 amide bonds. The lowest BCUT2D eigenvalue weighted by Gasteiger charge is -1.99. The molecule has 20 heavy (non-hydrogen) atoms. The van der Waals surface area contributed by atoms with Crippen LogP contribution in [-0.2, 0) is 0 Å². The molecule has 2 heterocycles. The molecule has 0 aliphatic rings. The lowest BCUT2D eigenvalue weighted by atomic mass is 10.7. The molecule has 0 fully saturated rings. The highest BCUT2D eigenvalue weighted by molar-refractivity contribution is 9.10. The van der Waals surface area contributed by atoms with Crippen molar-refractivity contribution in [1.29, 1.82) is 0 Å². The number of anilines is 2. The number of aromatic nitrogens is 4. The van der Waals surface area contributed by atoms with Crippen LogP contribution in [0.2, 0.25) is 10.3 Å². The van der Waals surface area contributed by atoms with E-state index in [0.29, 0.717) is 31.1 Å². The summed E-state index contributed by atoms with van der Waals surface area (Å²) in [6, 6.07) is 0. The molecule has 2 rings (SSSR count). The second kappa shape index (κ2) is 9.33. The lowest BCUT2D eigenvalue weighted by molar-refractivity contribution is 1.15. The van der Waals surface area contributed by atoms with Gasteiger partial charge in [-0.1, -0.05) is 23.2 Å². The van der Waals surface area contributed by atoms with Crippen LogP contribution in [0.15, 0.2) is 21.6 Å². The Morgan fingerprint density at radius 3 is 1.95 bits per heavy atom. The predicted molar refractivity (Wildman–Crippen MR) is 89.2 cm³/mol. The zero-order valence-electron chi connectivity index (χ0n) is 10.1. The Morgan fingerprint density at radius 2 is 1.55 bits per heavy atom. The summed E-state index contributed by atoms with van der Waals surface area (Å²) in [4.78, 5) is 15.3. The maximum atomic E-state index is 5.56. The van der Waals surface area contributed by atoms with Crippen molar-refractivity contribution in [2.75, 3.05) is 18.1 Å². The molecule has 0 unspecified atom stereocenters. The van der Waals surface area contributed by atoms with E-state index in [1.54, 1.807) is 7.05 Å². The molecule has 0 aliphatic carbocycles. The fourth-order valence-corrected chi connectivity index (χ4v) is 1.73. The number of nitrogen functional groups attached to an aromatic ring is 1. The van der Waals surface area contributed by atoms with Crippen molar-refractivity contribution in [3.05, 3.63) is 31.9 Å². The predicted octanol–water partition coefficient (Wildman–Crippen LogP) is 3.03. The van der Waals surface area contributed by atoms with E-state index in [-0.39, 0.29) is 8.41 Å². The number of hydrogen-bond donors (Lipinski definition) is 2. The van der Waals surface area contributed by atoms with Crippen LogP contribution in [-0.4, -0.2) is 35.4 Å². The Balaban J connectivity index is 0.000000345. The van der Waals surface area contributed by atoms with Crippen LogP contribution < -0.4 is 11.1 Å². The van der Waals surface area contributed by atoms with Gasteiger partial charge in [0.05, 0.1) is 12.4 Å². The maximum Gasteiger partial charge on any atom is 0.160 e. The van der Waals surface area contributed by atoms with Gasteiger partial charge in [0.25, 0.3) is 0 Å². The topological polar surface area (TPSA) is 89.6 Å². The van der Waals surface area contributed by atoms with E-state index in [2.05, 4.69) is 57.1 Å². The van der Waals surface area contributed by atoms with Crippen LogP contribution in [0.5, 0.6) is 0 Å². The number of hydrogen-bond acceptors (Lipinski definition) is 6. The van der Waals surface area contributed by atoms with Crippen LogP contribution in [0.1, 0.15) is 0 Å². The van der Waals surface area contributed by atoms with Crippen LogP contribution in [0.25, 0.3) is 0 Å². The number of nitrogens with one attached hydrogen (secondary N) is 1. The second-order valence-corrected chi connectivity index (χ2v) is 5.23. The molecule has 0 bridgehead atoms. The first-order chi connectivity index (χ1) is 8.93. The third-order valence-electron chi connectivity index (χ3n) is 1.66. The number of nitrogens with zero attached hydrogens (tertiary/aromatic N) is 4. The molecular formula is C9H8BBr2Cl2N6. The summed E-state index contributed by atoms with van der Waals surface area (Å²) in [6.45, 7) is 0. The van der Waals surface area contributed by atoms with Gasteiger partial charge in [0.1, 0.15) is 19.5 Å². The molecule has 6 nitrogen and oxygen atoms in total. The fourth-order valence-electron chi connectivity index (χ4n) is 0.878. The Labute approximate surface area is 144 Å². The molecular weight excluding hydrogens is 434 g/mol. The summed E-state index contributed by atoms with van der Waals surface area (Å²) in [6.07, 6.45) is 2.90. The third-order valence-corrected chi connectivity index (χ3v) is 3.21. The Kier molecular flexibility index (Phi) is 9.03. The van der Waals surface area contributed by atoms with E-state index >= 15 is 0 Å². The van der Waals surface area contributed by atoms with Crippen molar-refractivity contribution in [2.24, 2.45) is 0 Å². The van der Waals surface area contributed by atoms with Gasteiger partial charge < -0.3 is 11.1 Å². The summed E-state index contributed by atoms with van der Waals surface area (Å²) < 4.78 is 1.19. The maximum absolute atomic E-state index is 5.56. The normalized spacial score (nSPS) is 9.05. The van der Waals surface area contributed by atoms with E-state index < -0.39 is 0 Å². The summed E-state index contributed by atoms with van der Waals surface area (Å²) in [5.41, 5.74) is 5.32. The van der Waals surface area contributed by atoms with Crippen LogP contribution in [0.4, 0.5) is 11.6 Å². The van der Waals surface area contributed by atoms with Gasteiger partial charge >= 0.3 is 0 Å². The molecule has 2 aromatic rings. The average Bonchev–Trinajstić information content (AvgIpc) is 2.38. The molecule has 0 atom stereocenters. The van der Waals surface area contributed by atoms with Crippen molar-refractivity contribution in [1.82, 2.24) is 19.9 Å². The van der Waals surface area contributed by atoms with E-state index in [1.165, 1.54) is 12.4 Å². The quantitative estimate of drug-likeness (QED) is 0.661. The highest BCUT2D eigenvalue weighted by Crippen LogP contribution is 2.17. The van der Waals surface area contributed by atoms with Crippen molar-refractivity contribution >= 4 is 75.1 Å². The van der Waals surface area contributed by atoms with E-state index in [1.807, 2.05) is 0 Å². The molecule has 3 radical (unpaired) electrons. The Hall–Kier alpha value is -0.635. The van der Waals surface area contributed by atoms with E-state index in [0.717, 1.165) is 0 Å². The summed E-state index contributed by atoms with van der Waals surface area (Å²) >= 11 is 17.3. The molecule has 3 N–H and O–H groups in total. The highest BCUT2D eigenvalue weighted by atomic mass is 79.9. The van der Waals surface area contributed by atoms with Gasteiger partial charge in [-0.25, -0.2) is 19.9 Å². The van der Waals surface area contributed by atoms with Crippen molar-refractivity contribution in [3.63, 3.8) is 0 Å². The van der Waals surface area contributed by atoms with Gasteiger partial charge in [-0.3, -0.25) is 0 Å². The van der Waals surface area contributed by atoms with Gasteiger partial charge in [0, 0.05) is 15.5 Å². The molecule has 0 aliphatic heterocycles. The minimum absolute atomic E-state index is 0. The molecule has 105 valence electrons. The number of rotatable bonds is 1. The smallest absolute Gasteiger partial charge is 0.160 e. The van der Waals surface area contributed by atoms with Crippen LogP contribution in [0.3, 0.4) is 0 Å². The van der Waals surface area contributed by atoms with Crippen LogP contribution in [0, 0.1) is 0 Å². The SMILES string of the molecule is CNc1nc(Cl)cnc1Br.Nc1nc(Cl)cnc1Br.[B]. The number of halogens is 4. The first-order valence-electron chi connectivity index (χ1n) is 4.73. The summed E-state index contributed by atoms with van der Waals surface area (Å²) in [5.74, 6) is 0.954. The first-order valence-corrected chi connectivity index (χ1v) is 7.07. The molecule has 0 spiro atoms. The standard InChI is InChI=1S/C5H5BrClN3.C4H3BrClN3.B/c1-8-5-4(6)9-2-3(7)10-5;5-3-4(7)9-2(6)1-8-3;/h2H,1H3,(H,8,10);1H,(H2,7,9);. The molecule has 11 heteroatoms. The van der Waals surface area contributed by atoms with Gasteiger partial charge in [-0.2, -0.15) is 0 Å². The van der Waals surface area contributed by atoms with Gasteiger partial charge in [-0.15, -0.1) is 0 Å². The summed E-state index contributed by atoms with van der Waals surface area (Å²) in [7, 11) is 1.76. The highest BCUT2D eigenvalue weighted by Gasteiger charge is 1.99. The first kappa shape index (κ1) is 19.4.